The lowest BCUT2D eigenvalue weighted by molar-refractivity contribution is 0.0697. The number of nitrogens with one attached hydrogen (secondary N) is 1. The first-order valence-corrected chi connectivity index (χ1v) is 10.6. The number of carboxylic acid groups (broad SMARTS) is 1. The number of carboxylic acids is 1. The molecule has 0 radical (unpaired) electrons. The van der Waals surface area contributed by atoms with Gasteiger partial charge in [-0.1, -0.05) is 24.3 Å². The second-order valence-electron chi connectivity index (χ2n) is 7.80. The summed E-state index contributed by atoms with van der Waals surface area (Å²) in [5.74, 6) is -0.0447. The van der Waals surface area contributed by atoms with Gasteiger partial charge in [0.15, 0.2) is 5.65 Å². The zero-order valence-corrected chi connectivity index (χ0v) is 18.9. The average molecular weight is 454 g/mol. The molecule has 9 nitrogen and oxygen atoms in total. The van der Waals surface area contributed by atoms with Gasteiger partial charge < -0.3 is 15.2 Å². The van der Waals surface area contributed by atoms with Crippen molar-refractivity contribution in [2.75, 3.05) is 12.4 Å². The van der Waals surface area contributed by atoms with Crippen LogP contribution in [0.25, 0.3) is 22.5 Å². The maximum absolute atomic E-state index is 12.0. The van der Waals surface area contributed by atoms with Gasteiger partial charge in [-0.25, -0.2) is 19.0 Å². The van der Waals surface area contributed by atoms with Crippen molar-refractivity contribution in [1.82, 2.24) is 24.4 Å². The Morgan fingerprint density at radius 2 is 1.88 bits per heavy atom. The van der Waals surface area contributed by atoms with Crippen molar-refractivity contribution >= 4 is 23.1 Å². The SMILES string of the molecule is COc1cccc(C(=O)O)c1Nc1c(-c2ccc3ncnn3c2)c(C)nn1-c1ccccc1C. The molecule has 5 rings (SSSR count). The Balaban J connectivity index is 1.78. The molecular weight excluding hydrogens is 432 g/mol. The molecule has 2 N–H and O–H groups in total. The number of hydrogen-bond donors (Lipinski definition) is 2. The van der Waals surface area contributed by atoms with Gasteiger partial charge in [0.05, 0.1) is 29.7 Å². The number of rotatable bonds is 6. The second-order valence-corrected chi connectivity index (χ2v) is 7.80. The highest BCUT2D eigenvalue weighted by molar-refractivity contribution is 5.98. The molecule has 3 heterocycles. The number of anilines is 2. The molecule has 0 atom stereocenters. The molecule has 2 aromatic carbocycles. The molecule has 0 aliphatic carbocycles. The van der Waals surface area contributed by atoms with Crippen LogP contribution in [0, 0.1) is 13.8 Å². The maximum Gasteiger partial charge on any atom is 0.337 e. The number of carbonyl (C=O) groups is 1. The van der Waals surface area contributed by atoms with Gasteiger partial charge in [-0.2, -0.15) is 10.2 Å². The van der Waals surface area contributed by atoms with E-state index < -0.39 is 5.97 Å². The summed E-state index contributed by atoms with van der Waals surface area (Å²) in [5.41, 5.74) is 5.46. The van der Waals surface area contributed by atoms with E-state index in [1.165, 1.54) is 19.5 Å². The predicted octanol–water partition coefficient (Wildman–Crippen LogP) is 4.65. The minimum absolute atomic E-state index is 0.0900. The van der Waals surface area contributed by atoms with Gasteiger partial charge >= 0.3 is 5.97 Å². The van der Waals surface area contributed by atoms with Crippen molar-refractivity contribution in [3.05, 3.63) is 83.9 Å². The van der Waals surface area contributed by atoms with E-state index in [9.17, 15) is 9.90 Å². The van der Waals surface area contributed by atoms with Crippen LogP contribution >= 0.6 is 0 Å². The number of methoxy groups -OCH3 is 1. The van der Waals surface area contributed by atoms with Crippen LogP contribution < -0.4 is 10.1 Å². The average Bonchev–Trinajstić information content (AvgIpc) is 3.43. The first-order chi connectivity index (χ1) is 16.5. The molecule has 0 spiro atoms. The molecule has 5 aromatic rings. The summed E-state index contributed by atoms with van der Waals surface area (Å²) in [6, 6.07) is 16.6. The molecule has 170 valence electrons. The van der Waals surface area contributed by atoms with Crippen LogP contribution in [0.3, 0.4) is 0 Å². The van der Waals surface area contributed by atoms with Crippen LogP contribution in [-0.4, -0.2) is 42.6 Å². The molecule has 0 amide bonds. The van der Waals surface area contributed by atoms with Crippen LogP contribution in [0.2, 0.25) is 0 Å². The molecule has 0 aliphatic heterocycles. The quantitative estimate of drug-likeness (QED) is 0.385. The Hall–Kier alpha value is -4.66. The van der Waals surface area contributed by atoms with E-state index in [1.807, 2.05) is 56.4 Å². The number of pyridine rings is 1. The highest BCUT2D eigenvalue weighted by Crippen LogP contribution is 2.39. The lowest BCUT2D eigenvalue weighted by Gasteiger charge is -2.17. The molecule has 0 unspecified atom stereocenters. The van der Waals surface area contributed by atoms with Gasteiger partial charge in [-0.05, 0) is 49.7 Å². The molecule has 0 saturated carbocycles. The van der Waals surface area contributed by atoms with E-state index in [2.05, 4.69) is 15.4 Å². The first-order valence-electron chi connectivity index (χ1n) is 10.6. The zero-order valence-electron chi connectivity index (χ0n) is 18.9. The van der Waals surface area contributed by atoms with Crippen molar-refractivity contribution < 1.29 is 14.6 Å². The molecule has 0 saturated heterocycles. The van der Waals surface area contributed by atoms with E-state index >= 15 is 0 Å². The normalized spacial score (nSPS) is 11.0. The number of hydrogen-bond acceptors (Lipinski definition) is 6. The Morgan fingerprint density at radius 1 is 1.06 bits per heavy atom. The van der Waals surface area contributed by atoms with E-state index in [0.717, 1.165) is 33.7 Å². The Kier molecular flexibility index (Phi) is 5.21. The van der Waals surface area contributed by atoms with E-state index in [0.29, 0.717) is 17.3 Å². The third-order valence-corrected chi connectivity index (χ3v) is 5.69. The summed E-state index contributed by atoms with van der Waals surface area (Å²) in [4.78, 5) is 16.2. The molecule has 0 bridgehead atoms. The fourth-order valence-corrected chi connectivity index (χ4v) is 4.06. The van der Waals surface area contributed by atoms with Crippen LogP contribution in [0.4, 0.5) is 11.5 Å². The van der Waals surface area contributed by atoms with Gasteiger partial charge in [0.25, 0.3) is 0 Å². The van der Waals surface area contributed by atoms with Crippen LogP contribution in [-0.2, 0) is 0 Å². The van der Waals surface area contributed by atoms with E-state index in [-0.39, 0.29) is 5.56 Å². The fraction of sp³-hybridized carbons (Fsp3) is 0.120. The van der Waals surface area contributed by atoms with Crippen LogP contribution in [0.1, 0.15) is 21.6 Å². The zero-order chi connectivity index (χ0) is 23.8. The van der Waals surface area contributed by atoms with Crippen molar-refractivity contribution in [3.8, 4) is 22.6 Å². The number of benzene rings is 2. The smallest absolute Gasteiger partial charge is 0.337 e. The van der Waals surface area contributed by atoms with E-state index in [1.54, 1.807) is 21.3 Å². The second kappa shape index (κ2) is 8.36. The van der Waals surface area contributed by atoms with Crippen molar-refractivity contribution in [2.24, 2.45) is 0 Å². The van der Waals surface area contributed by atoms with Crippen LogP contribution in [0.5, 0.6) is 5.75 Å². The predicted molar refractivity (Wildman–Crippen MR) is 128 cm³/mol. The van der Waals surface area contributed by atoms with Gasteiger partial charge in [-0.3, -0.25) is 0 Å². The van der Waals surface area contributed by atoms with Crippen LogP contribution in [0.15, 0.2) is 67.1 Å². The Bertz CT molecular complexity index is 1540. The fourth-order valence-electron chi connectivity index (χ4n) is 4.06. The largest absolute Gasteiger partial charge is 0.495 e. The van der Waals surface area contributed by atoms with Gasteiger partial charge in [0.2, 0.25) is 0 Å². The molecule has 3 aromatic heterocycles. The van der Waals surface area contributed by atoms with Crippen molar-refractivity contribution in [1.29, 1.82) is 0 Å². The summed E-state index contributed by atoms with van der Waals surface area (Å²) >= 11 is 0. The summed E-state index contributed by atoms with van der Waals surface area (Å²) in [5, 5.41) is 22.3. The number of ether oxygens (including phenoxy) is 1. The molecule has 9 heteroatoms. The summed E-state index contributed by atoms with van der Waals surface area (Å²) < 4.78 is 8.98. The monoisotopic (exact) mass is 454 g/mol. The van der Waals surface area contributed by atoms with Gasteiger partial charge in [-0.15, -0.1) is 0 Å². The minimum atomic E-state index is -1.06. The molecule has 0 aliphatic rings. The first kappa shape index (κ1) is 21.2. The summed E-state index contributed by atoms with van der Waals surface area (Å²) in [7, 11) is 1.51. The molecule has 0 fully saturated rings. The Labute approximate surface area is 195 Å². The van der Waals surface area contributed by atoms with Crippen molar-refractivity contribution in [2.45, 2.75) is 13.8 Å². The van der Waals surface area contributed by atoms with Crippen molar-refractivity contribution in [3.63, 3.8) is 0 Å². The number of para-hydroxylation sites is 2. The number of aryl methyl sites for hydroxylation is 2. The van der Waals surface area contributed by atoms with E-state index in [4.69, 9.17) is 9.84 Å². The third kappa shape index (κ3) is 3.53. The maximum atomic E-state index is 12.0. The number of aromatic nitrogens is 5. The summed E-state index contributed by atoms with van der Waals surface area (Å²) in [6.45, 7) is 3.92. The lowest BCUT2D eigenvalue weighted by atomic mass is 10.1. The lowest BCUT2D eigenvalue weighted by Crippen LogP contribution is -2.09. The molecular formula is C25H22N6O3. The number of nitrogens with zero attached hydrogens (tertiary/aromatic N) is 5. The topological polar surface area (TPSA) is 107 Å². The molecule has 34 heavy (non-hydrogen) atoms. The standard InChI is InChI=1S/C25H22N6O3/c1-15-7-4-5-9-19(15)31-24(28-23-18(25(32)33)8-6-10-20(23)34-3)22(16(2)29-31)17-11-12-21-26-14-27-30(21)13-17/h4-14,28H,1-3H3,(H,32,33). The highest BCUT2D eigenvalue weighted by atomic mass is 16.5. The van der Waals surface area contributed by atoms with Gasteiger partial charge in [0.1, 0.15) is 17.9 Å². The Morgan fingerprint density at radius 3 is 2.65 bits per heavy atom. The number of fused-ring (bicyclic) bond motifs is 1. The summed E-state index contributed by atoms with van der Waals surface area (Å²) in [6.07, 6.45) is 3.37. The number of aromatic carboxylic acids is 1. The highest BCUT2D eigenvalue weighted by Gasteiger charge is 2.23. The minimum Gasteiger partial charge on any atom is -0.495 e. The third-order valence-electron chi connectivity index (χ3n) is 5.69. The van der Waals surface area contributed by atoms with Gasteiger partial charge in [0, 0.05) is 17.3 Å².